The van der Waals surface area contributed by atoms with Crippen molar-refractivity contribution in [1.29, 1.82) is 0 Å². The molecule has 0 unspecified atom stereocenters. The molecule has 1 fully saturated rings. The average Bonchev–Trinajstić information content (AvgIpc) is 2.14. The normalized spacial score (nSPS) is 18.6. The van der Waals surface area contributed by atoms with Gasteiger partial charge in [0, 0.05) is 29.8 Å². The van der Waals surface area contributed by atoms with Crippen LogP contribution in [0.3, 0.4) is 0 Å². The van der Waals surface area contributed by atoms with Crippen LogP contribution in [0.1, 0.15) is 46.5 Å². The van der Waals surface area contributed by atoms with Crippen molar-refractivity contribution in [2.24, 2.45) is 0 Å². The molecule has 1 amide bonds. The van der Waals surface area contributed by atoms with Crippen molar-refractivity contribution in [1.82, 2.24) is 10.6 Å². The third-order valence-electron chi connectivity index (χ3n) is 3.31. The van der Waals surface area contributed by atoms with Crippen LogP contribution in [0.15, 0.2) is 0 Å². The van der Waals surface area contributed by atoms with E-state index in [9.17, 15) is 4.79 Å². The summed E-state index contributed by atoms with van der Waals surface area (Å²) in [5.74, 6) is 0.169. The number of carbonyl (C=O) groups is 1. The summed E-state index contributed by atoms with van der Waals surface area (Å²) in [5, 5.41) is 6.39. The molecule has 0 aromatic rings. The molecule has 0 atom stereocenters. The fourth-order valence-corrected chi connectivity index (χ4v) is 2.84. The zero-order valence-electron chi connectivity index (χ0n) is 11.6. The van der Waals surface area contributed by atoms with E-state index in [1.54, 1.807) is 0 Å². The van der Waals surface area contributed by atoms with Crippen LogP contribution in [0.2, 0.25) is 0 Å². The highest BCUT2D eigenvalue weighted by atomic mass is 32.2. The fraction of sp³-hybridized carbons (Fsp3) is 0.923. The van der Waals surface area contributed by atoms with Crippen LogP contribution >= 0.6 is 11.8 Å². The Bertz CT molecular complexity index is 251. The van der Waals surface area contributed by atoms with Crippen LogP contribution in [0.4, 0.5) is 0 Å². The first-order valence-electron chi connectivity index (χ1n) is 6.44. The molecule has 100 valence electrons. The Balaban J connectivity index is 2.13. The predicted molar refractivity (Wildman–Crippen MR) is 75.5 cm³/mol. The lowest BCUT2D eigenvalue weighted by molar-refractivity contribution is -0.121. The summed E-state index contributed by atoms with van der Waals surface area (Å²) in [4.78, 5) is 11.7. The molecule has 0 bridgehead atoms. The van der Waals surface area contributed by atoms with Gasteiger partial charge in [-0.2, -0.15) is 11.8 Å². The molecule has 0 aliphatic heterocycles. The maximum Gasteiger partial charge on any atom is 0.221 e. The van der Waals surface area contributed by atoms with Crippen molar-refractivity contribution < 1.29 is 4.79 Å². The molecule has 0 spiro atoms. The van der Waals surface area contributed by atoms with Gasteiger partial charge in [-0.1, -0.05) is 6.42 Å². The van der Waals surface area contributed by atoms with Crippen LogP contribution in [0.5, 0.6) is 0 Å². The number of amides is 1. The van der Waals surface area contributed by atoms with Gasteiger partial charge in [0.05, 0.1) is 0 Å². The highest BCUT2D eigenvalue weighted by molar-refractivity contribution is 8.00. The number of hydrogen-bond donors (Lipinski definition) is 2. The Morgan fingerprint density at radius 3 is 2.41 bits per heavy atom. The summed E-state index contributed by atoms with van der Waals surface area (Å²) in [6, 6.07) is 0. The fourth-order valence-electron chi connectivity index (χ4n) is 1.92. The molecule has 3 nitrogen and oxygen atoms in total. The zero-order valence-corrected chi connectivity index (χ0v) is 12.4. The minimum Gasteiger partial charge on any atom is -0.355 e. The van der Waals surface area contributed by atoms with Crippen molar-refractivity contribution in [3.63, 3.8) is 0 Å². The largest absolute Gasteiger partial charge is 0.355 e. The van der Waals surface area contributed by atoms with Gasteiger partial charge in [-0.05, 0) is 39.9 Å². The van der Waals surface area contributed by atoms with Crippen LogP contribution in [0.25, 0.3) is 0 Å². The van der Waals surface area contributed by atoms with Crippen molar-refractivity contribution in [3.05, 3.63) is 0 Å². The Morgan fingerprint density at radius 1 is 1.35 bits per heavy atom. The van der Waals surface area contributed by atoms with E-state index in [4.69, 9.17) is 0 Å². The molecule has 0 aromatic heterocycles. The third-order valence-corrected chi connectivity index (χ3v) is 4.73. The predicted octanol–water partition coefficient (Wildman–Crippen LogP) is 2.17. The van der Waals surface area contributed by atoms with E-state index in [0.717, 1.165) is 13.1 Å². The first kappa shape index (κ1) is 14.8. The minimum atomic E-state index is 0.0920. The number of rotatable bonds is 6. The first-order chi connectivity index (χ1) is 7.87. The summed E-state index contributed by atoms with van der Waals surface area (Å²) in [6.45, 7) is 7.93. The number of carbonyl (C=O) groups excluding carboxylic acids is 1. The molecule has 0 radical (unpaired) electrons. The van der Waals surface area contributed by atoms with E-state index in [-0.39, 0.29) is 11.4 Å². The molecule has 0 aromatic carbocycles. The van der Waals surface area contributed by atoms with Gasteiger partial charge < -0.3 is 10.6 Å². The maximum atomic E-state index is 11.7. The quantitative estimate of drug-likeness (QED) is 0.767. The number of hydrogen-bond acceptors (Lipinski definition) is 3. The highest BCUT2D eigenvalue weighted by Crippen LogP contribution is 2.42. The Kier molecular flexibility index (Phi) is 5.32. The van der Waals surface area contributed by atoms with E-state index in [0.29, 0.717) is 11.2 Å². The second-order valence-electron chi connectivity index (χ2n) is 5.94. The van der Waals surface area contributed by atoms with E-state index >= 15 is 0 Å². The van der Waals surface area contributed by atoms with Crippen molar-refractivity contribution in [2.75, 3.05) is 19.3 Å². The Hall–Kier alpha value is -0.220. The monoisotopic (exact) mass is 258 g/mol. The summed E-state index contributed by atoms with van der Waals surface area (Å²) in [7, 11) is 0. The van der Waals surface area contributed by atoms with Gasteiger partial charge in [-0.25, -0.2) is 0 Å². The summed E-state index contributed by atoms with van der Waals surface area (Å²) < 4.78 is 0.340. The van der Waals surface area contributed by atoms with E-state index in [2.05, 4.69) is 37.7 Å². The summed E-state index contributed by atoms with van der Waals surface area (Å²) >= 11 is 1.90. The first-order valence-corrected chi connectivity index (χ1v) is 7.66. The van der Waals surface area contributed by atoms with Crippen LogP contribution < -0.4 is 10.6 Å². The molecular weight excluding hydrogens is 232 g/mol. The van der Waals surface area contributed by atoms with E-state index in [1.165, 1.54) is 19.3 Å². The van der Waals surface area contributed by atoms with E-state index < -0.39 is 0 Å². The highest BCUT2D eigenvalue weighted by Gasteiger charge is 2.36. The second kappa shape index (κ2) is 6.10. The lowest BCUT2D eigenvalue weighted by Gasteiger charge is -2.40. The van der Waals surface area contributed by atoms with Gasteiger partial charge in [0.2, 0.25) is 5.91 Å². The molecule has 2 N–H and O–H groups in total. The lowest BCUT2D eigenvalue weighted by Crippen LogP contribution is -2.46. The third kappa shape index (κ3) is 5.30. The van der Waals surface area contributed by atoms with E-state index in [1.807, 2.05) is 11.8 Å². The second-order valence-corrected chi connectivity index (χ2v) is 7.22. The van der Waals surface area contributed by atoms with Gasteiger partial charge in [-0.15, -0.1) is 0 Å². The molecule has 4 heteroatoms. The van der Waals surface area contributed by atoms with Crippen LogP contribution in [-0.2, 0) is 4.79 Å². The molecule has 1 saturated carbocycles. The van der Waals surface area contributed by atoms with Gasteiger partial charge >= 0.3 is 0 Å². The molecule has 17 heavy (non-hydrogen) atoms. The zero-order chi connectivity index (χ0) is 12.9. The van der Waals surface area contributed by atoms with Crippen LogP contribution in [0, 0.1) is 0 Å². The van der Waals surface area contributed by atoms with Gasteiger partial charge in [-0.3, -0.25) is 4.79 Å². The summed E-state index contributed by atoms with van der Waals surface area (Å²) in [5.41, 5.74) is 0.0920. The maximum absolute atomic E-state index is 11.7. The molecule has 0 heterocycles. The average molecular weight is 258 g/mol. The molecule has 0 saturated heterocycles. The Morgan fingerprint density at radius 2 is 2.00 bits per heavy atom. The molecule has 1 aliphatic rings. The van der Waals surface area contributed by atoms with Gasteiger partial charge in [0.15, 0.2) is 0 Å². The SMILES string of the molecule is CSC1(CNC(=O)CCNC(C)(C)C)CCC1. The van der Waals surface area contributed by atoms with Crippen molar-refractivity contribution in [3.8, 4) is 0 Å². The Labute approximate surface area is 109 Å². The number of thioether (sulfide) groups is 1. The van der Waals surface area contributed by atoms with Gasteiger partial charge in [0.25, 0.3) is 0 Å². The molecule has 1 rings (SSSR count). The van der Waals surface area contributed by atoms with Crippen molar-refractivity contribution in [2.45, 2.75) is 56.7 Å². The van der Waals surface area contributed by atoms with Crippen LogP contribution in [-0.4, -0.2) is 35.5 Å². The molecule has 1 aliphatic carbocycles. The minimum absolute atomic E-state index is 0.0920. The smallest absolute Gasteiger partial charge is 0.221 e. The van der Waals surface area contributed by atoms with Crippen molar-refractivity contribution >= 4 is 17.7 Å². The number of nitrogens with one attached hydrogen (secondary N) is 2. The topological polar surface area (TPSA) is 41.1 Å². The van der Waals surface area contributed by atoms with Gasteiger partial charge in [0.1, 0.15) is 0 Å². The molecular formula is C13H26N2OS. The standard InChI is InChI=1S/C13H26N2OS/c1-12(2,3)15-9-6-11(16)14-10-13(17-4)7-5-8-13/h15H,5-10H2,1-4H3,(H,14,16). The lowest BCUT2D eigenvalue weighted by atomic mass is 9.84. The summed E-state index contributed by atoms with van der Waals surface area (Å²) in [6.07, 6.45) is 6.51.